The summed E-state index contributed by atoms with van der Waals surface area (Å²) in [5.41, 5.74) is 6.77. The average Bonchev–Trinajstić information content (AvgIpc) is 3.25. The first-order valence-electron chi connectivity index (χ1n) is 9.80. The van der Waals surface area contributed by atoms with Gasteiger partial charge in [-0.3, -0.25) is 0 Å². The Morgan fingerprint density at radius 1 is 0.967 bits per heavy atom. The molecule has 30 heavy (non-hydrogen) atoms. The molecule has 4 heteroatoms. The van der Waals surface area contributed by atoms with Gasteiger partial charge in [0.05, 0.1) is 4.70 Å². The summed E-state index contributed by atoms with van der Waals surface area (Å²) in [6.45, 7) is 2.18. The van der Waals surface area contributed by atoms with Crippen LogP contribution in [-0.2, 0) is 4.79 Å². The lowest BCUT2D eigenvalue weighted by atomic mass is 9.87. The fraction of sp³-hybridized carbons (Fsp3) is 0.0769. The van der Waals surface area contributed by atoms with Crippen LogP contribution in [0.25, 0.3) is 27.3 Å². The van der Waals surface area contributed by atoms with Crippen molar-refractivity contribution in [2.75, 3.05) is 0 Å². The molecule has 1 N–H and O–H groups in total. The molecule has 4 rings (SSSR count). The van der Waals surface area contributed by atoms with Gasteiger partial charge in [0.2, 0.25) is 0 Å². The smallest absolute Gasteiger partial charge is 0.328 e. The van der Waals surface area contributed by atoms with Crippen molar-refractivity contribution in [3.05, 3.63) is 107 Å². The Morgan fingerprint density at radius 3 is 2.40 bits per heavy atom. The number of carboxylic acids is 1. The number of rotatable bonds is 6. The first-order chi connectivity index (χ1) is 14.7. The molecule has 0 unspecified atom stereocenters. The second-order valence-corrected chi connectivity index (χ2v) is 7.78. The van der Waals surface area contributed by atoms with Crippen molar-refractivity contribution in [3.63, 3.8) is 0 Å². The van der Waals surface area contributed by atoms with E-state index in [1.54, 1.807) is 6.08 Å². The topological polar surface area (TPSA) is 50.2 Å². The summed E-state index contributed by atoms with van der Waals surface area (Å²) in [6.07, 6.45) is 5.57. The van der Waals surface area contributed by atoms with Gasteiger partial charge in [0.15, 0.2) is 0 Å². The van der Waals surface area contributed by atoms with E-state index in [2.05, 4.69) is 65.9 Å². The molecule has 0 radical (unpaired) electrons. The van der Waals surface area contributed by atoms with Crippen LogP contribution in [0.1, 0.15) is 35.6 Å². The molecule has 148 valence electrons. The van der Waals surface area contributed by atoms with Crippen molar-refractivity contribution in [3.8, 4) is 0 Å². The van der Waals surface area contributed by atoms with Gasteiger partial charge in [-0.2, -0.15) is 4.37 Å². The predicted molar refractivity (Wildman–Crippen MR) is 125 cm³/mol. The van der Waals surface area contributed by atoms with E-state index in [0.29, 0.717) is 0 Å². The molecule has 0 fully saturated rings. The lowest BCUT2D eigenvalue weighted by Gasteiger charge is -2.16. The first-order valence-corrected chi connectivity index (χ1v) is 10.6. The minimum atomic E-state index is -0.949. The molecule has 0 amide bonds. The highest BCUT2D eigenvalue weighted by molar-refractivity contribution is 7.13. The maximum absolute atomic E-state index is 10.8. The second kappa shape index (κ2) is 8.89. The van der Waals surface area contributed by atoms with Crippen LogP contribution < -0.4 is 0 Å². The van der Waals surface area contributed by atoms with Gasteiger partial charge in [0.25, 0.3) is 0 Å². The summed E-state index contributed by atoms with van der Waals surface area (Å²) in [5.74, 6) is -0.949. The zero-order valence-electron chi connectivity index (χ0n) is 16.6. The highest BCUT2D eigenvalue weighted by Gasteiger charge is 2.14. The summed E-state index contributed by atoms with van der Waals surface area (Å²) < 4.78 is 5.49. The summed E-state index contributed by atoms with van der Waals surface area (Å²) in [7, 11) is 0. The van der Waals surface area contributed by atoms with Gasteiger partial charge in [0.1, 0.15) is 0 Å². The molecule has 1 aromatic heterocycles. The molecule has 1 heterocycles. The summed E-state index contributed by atoms with van der Waals surface area (Å²) in [4.78, 5) is 10.8. The normalized spacial score (nSPS) is 12.3. The SMILES string of the molecule is CC/C(=C(/c1ccc(/C=C/C(=O)O)cc1)c1ccc2sncc2c1)c1ccccc1. The Kier molecular flexibility index (Phi) is 5.87. The maximum Gasteiger partial charge on any atom is 0.328 e. The highest BCUT2D eigenvalue weighted by Crippen LogP contribution is 2.36. The number of carbonyl (C=O) groups is 1. The van der Waals surface area contributed by atoms with Crippen LogP contribution >= 0.6 is 11.5 Å². The molecule has 3 nitrogen and oxygen atoms in total. The quantitative estimate of drug-likeness (QED) is 0.282. The van der Waals surface area contributed by atoms with Crippen molar-refractivity contribution in [2.24, 2.45) is 0 Å². The molecule has 0 aliphatic carbocycles. The zero-order chi connectivity index (χ0) is 20.9. The van der Waals surface area contributed by atoms with Gasteiger partial charge in [-0.25, -0.2) is 4.79 Å². The van der Waals surface area contributed by atoms with E-state index in [1.807, 2.05) is 24.4 Å². The Balaban J connectivity index is 1.89. The Labute approximate surface area is 179 Å². The van der Waals surface area contributed by atoms with Gasteiger partial charge in [0, 0.05) is 17.7 Å². The van der Waals surface area contributed by atoms with Crippen molar-refractivity contribution in [1.29, 1.82) is 0 Å². The van der Waals surface area contributed by atoms with E-state index >= 15 is 0 Å². The number of fused-ring (bicyclic) bond motifs is 1. The zero-order valence-corrected chi connectivity index (χ0v) is 17.4. The van der Waals surface area contributed by atoms with Gasteiger partial charge >= 0.3 is 5.97 Å². The van der Waals surface area contributed by atoms with Crippen LogP contribution in [0.4, 0.5) is 0 Å². The fourth-order valence-corrected chi connectivity index (χ4v) is 4.26. The number of hydrogen-bond acceptors (Lipinski definition) is 3. The Bertz CT molecular complexity index is 1240. The first kappa shape index (κ1) is 19.8. The molecule has 0 spiro atoms. The molecule has 3 aromatic carbocycles. The molecule has 0 aliphatic heterocycles. The molecular formula is C26H21NO2S. The Morgan fingerprint density at radius 2 is 1.70 bits per heavy atom. The van der Waals surface area contributed by atoms with E-state index in [-0.39, 0.29) is 0 Å². The molecule has 0 bridgehead atoms. The van der Waals surface area contributed by atoms with Crippen LogP contribution in [0.5, 0.6) is 0 Å². The van der Waals surface area contributed by atoms with E-state index in [0.717, 1.165) is 34.6 Å². The largest absolute Gasteiger partial charge is 0.478 e. The summed E-state index contributed by atoms with van der Waals surface area (Å²) in [6, 6.07) is 25.0. The lowest BCUT2D eigenvalue weighted by Crippen LogP contribution is -1.95. The van der Waals surface area contributed by atoms with Crippen LogP contribution in [0.15, 0.2) is 85.1 Å². The Hall–Kier alpha value is -3.50. The van der Waals surface area contributed by atoms with Crippen LogP contribution in [-0.4, -0.2) is 15.4 Å². The molecule has 0 saturated carbocycles. The standard InChI is InChI=1S/C26H21NO2S/c1-2-23(19-6-4-3-5-7-19)26(21-13-14-24-22(16-21)17-27-30-24)20-11-8-18(9-12-20)10-15-25(28)29/h3-17H,2H2,1H3,(H,28,29)/b15-10+,26-23+. The van der Waals surface area contributed by atoms with Crippen molar-refractivity contribution < 1.29 is 9.90 Å². The van der Waals surface area contributed by atoms with Crippen LogP contribution in [0.2, 0.25) is 0 Å². The van der Waals surface area contributed by atoms with E-state index < -0.39 is 5.97 Å². The minimum absolute atomic E-state index is 0.857. The number of aliphatic carboxylic acids is 1. The lowest BCUT2D eigenvalue weighted by molar-refractivity contribution is -0.131. The number of nitrogens with zero attached hydrogens (tertiary/aromatic N) is 1. The number of benzene rings is 3. The monoisotopic (exact) mass is 411 g/mol. The third kappa shape index (κ3) is 4.24. The number of aromatic nitrogens is 1. The van der Waals surface area contributed by atoms with Gasteiger partial charge < -0.3 is 5.11 Å². The van der Waals surface area contributed by atoms with E-state index in [1.165, 1.54) is 32.9 Å². The number of allylic oxidation sites excluding steroid dienone is 1. The fourth-order valence-electron chi connectivity index (χ4n) is 3.64. The molecule has 0 atom stereocenters. The van der Waals surface area contributed by atoms with Crippen molar-refractivity contribution in [1.82, 2.24) is 4.37 Å². The van der Waals surface area contributed by atoms with E-state index in [4.69, 9.17) is 5.11 Å². The van der Waals surface area contributed by atoms with Crippen LogP contribution in [0.3, 0.4) is 0 Å². The molecule has 0 aliphatic rings. The third-order valence-corrected chi connectivity index (χ3v) is 5.82. The molecule has 4 aromatic rings. The van der Waals surface area contributed by atoms with Gasteiger partial charge in [-0.1, -0.05) is 67.6 Å². The average molecular weight is 412 g/mol. The van der Waals surface area contributed by atoms with Crippen molar-refractivity contribution >= 4 is 44.8 Å². The highest BCUT2D eigenvalue weighted by atomic mass is 32.1. The van der Waals surface area contributed by atoms with Crippen LogP contribution in [0, 0.1) is 0 Å². The maximum atomic E-state index is 10.8. The molecule has 0 saturated heterocycles. The van der Waals surface area contributed by atoms with Gasteiger partial charge in [-0.05, 0) is 69.6 Å². The van der Waals surface area contributed by atoms with Crippen molar-refractivity contribution in [2.45, 2.75) is 13.3 Å². The van der Waals surface area contributed by atoms with Gasteiger partial charge in [-0.15, -0.1) is 0 Å². The predicted octanol–water partition coefficient (Wildman–Crippen LogP) is 6.76. The molecular weight excluding hydrogens is 390 g/mol. The minimum Gasteiger partial charge on any atom is -0.478 e. The third-order valence-electron chi connectivity index (χ3n) is 5.04. The second-order valence-electron chi connectivity index (χ2n) is 6.95. The number of carboxylic acid groups (broad SMARTS) is 1. The number of hydrogen-bond donors (Lipinski definition) is 1. The summed E-state index contributed by atoms with van der Waals surface area (Å²) >= 11 is 1.50. The summed E-state index contributed by atoms with van der Waals surface area (Å²) in [5, 5.41) is 10.0. The van der Waals surface area contributed by atoms with E-state index in [9.17, 15) is 4.79 Å².